The first-order chi connectivity index (χ1) is 9.65. The van der Waals surface area contributed by atoms with Crippen LogP contribution in [-0.2, 0) is 6.54 Å². The largest absolute Gasteiger partial charge is 0.380 e. The summed E-state index contributed by atoms with van der Waals surface area (Å²) in [5.74, 6) is 0. The van der Waals surface area contributed by atoms with Crippen molar-refractivity contribution in [2.24, 2.45) is 0 Å². The molecule has 20 heavy (non-hydrogen) atoms. The summed E-state index contributed by atoms with van der Waals surface area (Å²) < 4.78 is 4.59. The smallest absolute Gasteiger partial charge is 0.150 e. The first kappa shape index (κ1) is 14.8. The highest BCUT2D eigenvalue weighted by molar-refractivity contribution is 9.13. The zero-order valence-corrected chi connectivity index (χ0v) is 16.1. The van der Waals surface area contributed by atoms with Gasteiger partial charge in [0.15, 0.2) is 4.34 Å². The van der Waals surface area contributed by atoms with Crippen LogP contribution in [0.5, 0.6) is 0 Å². The molecule has 0 amide bonds. The lowest BCUT2D eigenvalue weighted by Gasteiger charge is -2.04. The van der Waals surface area contributed by atoms with E-state index in [2.05, 4.69) is 72.7 Å². The number of nitrogens with zero attached hydrogens (tertiary/aromatic N) is 1. The number of halogens is 2. The predicted molar refractivity (Wildman–Crippen MR) is 98.4 cm³/mol. The molecule has 2 heterocycles. The minimum absolute atomic E-state index is 0.828. The fourth-order valence-electron chi connectivity index (χ4n) is 1.77. The van der Waals surface area contributed by atoms with E-state index in [-0.39, 0.29) is 0 Å². The average Bonchev–Trinajstić information content (AvgIpc) is 2.99. The Balaban J connectivity index is 1.76. The SMILES string of the molecule is CSc1nc2ccc(NCc3cc(Br)c(Br)s3)cc2s1. The lowest BCUT2D eigenvalue weighted by Crippen LogP contribution is -1.96. The van der Waals surface area contributed by atoms with Crippen molar-refractivity contribution < 1.29 is 0 Å². The van der Waals surface area contributed by atoms with E-state index < -0.39 is 0 Å². The third kappa shape index (κ3) is 3.22. The maximum absolute atomic E-state index is 4.55. The predicted octanol–water partition coefficient (Wildman–Crippen LogP) is 6.22. The lowest BCUT2D eigenvalue weighted by molar-refractivity contribution is 1.19. The van der Waals surface area contributed by atoms with E-state index in [1.54, 1.807) is 34.4 Å². The Labute approximate surface area is 146 Å². The molecule has 0 saturated carbocycles. The van der Waals surface area contributed by atoms with Gasteiger partial charge in [0.25, 0.3) is 0 Å². The van der Waals surface area contributed by atoms with Crippen molar-refractivity contribution in [1.82, 2.24) is 4.98 Å². The number of fused-ring (bicyclic) bond motifs is 1. The highest BCUT2D eigenvalue weighted by Gasteiger charge is 2.06. The van der Waals surface area contributed by atoms with Gasteiger partial charge in [-0.2, -0.15) is 0 Å². The topological polar surface area (TPSA) is 24.9 Å². The quantitative estimate of drug-likeness (QED) is 0.478. The van der Waals surface area contributed by atoms with E-state index in [4.69, 9.17) is 0 Å². The fraction of sp³-hybridized carbons (Fsp3) is 0.154. The fourth-order valence-corrected chi connectivity index (χ4v) is 5.41. The Morgan fingerprint density at radius 3 is 2.80 bits per heavy atom. The summed E-state index contributed by atoms with van der Waals surface area (Å²) in [5, 5.41) is 3.46. The molecule has 0 fully saturated rings. The second-order valence-electron chi connectivity index (χ2n) is 4.05. The minimum atomic E-state index is 0.828. The van der Waals surface area contributed by atoms with E-state index in [9.17, 15) is 0 Å². The Kier molecular flexibility index (Phi) is 4.72. The average molecular weight is 450 g/mol. The molecule has 7 heteroatoms. The molecule has 0 aliphatic rings. The van der Waals surface area contributed by atoms with E-state index in [0.717, 1.165) is 30.3 Å². The van der Waals surface area contributed by atoms with Crippen LogP contribution in [0.3, 0.4) is 0 Å². The summed E-state index contributed by atoms with van der Waals surface area (Å²) in [6, 6.07) is 8.47. The van der Waals surface area contributed by atoms with E-state index in [1.807, 2.05) is 0 Å². The number of anilines is 1. The van der Waals surface area contributed by atoms with Crippen LogP contribution < -0.4 is 5.32 Å². The molecule has 0 radical (unpaired) electrons. The molecule has 0 aliphatic heterocycles. The Hall–Kier alpha value is -0.0800. The molecule has 3 aromatic rings. The van der Waals surface area contributed by atoms with Crippen LogP contribution in [-0.4, -0.2) is 11.2 Å². The van der Waals surface area contributed by atoms with Crippen LogP contribution in [0.25, 0.3) is 10.2 Å². The zero-order valence-electron chi connectivity index (χ0n) is 10.4. The molecule has 2 nitrogen and oxygen atoms in total. The van der Waals surface area contributed by atoms with Gasteiger partial charge in [0, 0.05) is 21.6 Å². The van der Waals surface area contributed by atoms with Crippen LogP contribution in [0.15, 0.2) is 36.9 Å². The Bertz CT molecular complexity index is 732. The molecular weight excluding hydrogens is 440 g/mol. The summed E-state index contributed by atoms with van der Waals surface area (Å²) in [7, 11) is 0. The van der Waals surface area contributed by atoms with Gasteiger partial charge >= 0.3 is 0 Å². The number of nitrogens with one attached hydrogen (secondary N) is 1. The number of rotatable bonds is 4. The summed E-state index contributed by atoms with van der Waals surface area (Å²) in [4.78, 5) is 5.84. The summed E-state index contributed by atoms with van der Waals surface area (Å²) in [6.45, 7) is 0.828. The Morgan fingerprint density at radius 2 is 2.10 bits per heavy atom. The second kappa shape index (κ2) is 6.36. The van der Waals surface area contributed by atoms with Gasteiger partial charge in [0.2, 0.25) is 0 Å². The van der Waals surface area contributed by atoms with Crippen molar-refractivity contribution in [2.45, 2.75) is 10.9 Å². The third-order valence-corrected chi connectivity index (χ3v) is 7.97. The molecule has 2 aromatic heterocycles. The number of hydrogen-bond donors (Lipinski definition) is 1. The van der Waals surface area contributed by atoms with Gasteiger partial charge in [-0.15, -0.1) is 22.7 Å². The number of thioether (sulfide) groups is 1. The molecule has 1 aromatic carbocycles. The van der Waals surface area contributed by atoms with Crippen LogP contribution in [0.1, 0.15) is 4.88 Å². The highest BCUT2D eigenvalue weighted by atomic mass is 79.9. The zero-order chi connectivity index (χ0) is 14.1. The standard InChI is InChI=1S/C13H10Br2N2S3/c1-18-13-17-10-3-2-7(4-11(10)20-13)16-6-8-5-9(14)12(15)19-8/h2-5,16H,6H2,1H3. The molecular formula is C13H10Br2N2S3. The van der Waals surface area contributed by atoms with Crippen molar-refractivity contribution in [3.8, 4) is 0 Å². The third-order valence-electron chi connectivity index (χ3n) is 2.71. The Morgan fingerprint density at radius 1 is 1.25 bits per heavy atom. The molecule has 0 aliphatic carbocycles. The molecule has 3 rings (SSSR count). The number of aromatic nitrogens is 1. The molecule has 104 valence electrons. The summed E-state index contributed by atoms with van der Waals surface area (Å²) in [5.41, 5.74) is 2.21. The van der Waals surface area contributed by atoms with Gasteiger partial charge in [-0.1, -0.05) is 11.8 Å². The van der Waals surface area contributed by atoms with Gasteiger partial charge in [-0.25, -0.2) is 4.98 Å². The van der Waals surface area contributed by atoms with Crippen molar-refractivity contribution in [1.29, 1.82) is 0 Å². The maximum atomic E-state index is 4.55. The van der Waals surface area contributed by atoms with Crippen molar-refractivity contribution in [3.63, 3.8) is 0 Å². The van der Waals surface area contributed by atoms with Crippen molar-refractivity contribution in [3.05, 3.63) is 37.4 Å². The van der Waals surface area contributed by atoms with E-state index in [1.165, 1.54) is 9.58 Å². The van der Waals surface area contributed by atoms with Crippen LogP contribution in [0.2, 0.25) is 0 Å². The first-order valence-corrected chi connectivity index (χ1v) is 10.2. The lowest BCUT2D eigenvalue weighted by atomic mass is 10.3. The molecule has 1 N–H and O–H groups in total. The van der Waals surface area contributed by atoms with Gasteiger partial charge in [0.05, 0.1) is 14.0 Å². The van der Waals surface area contributed by atoms with E-state index >= 15 is 0 Å². The van der Waals surface area contributed by atoms with Crippen LogP contribution in [0.4, 0.5) is 5.69 Å². The number of thiazole rings is 1. The van der Waals surface area contributed by atoms with Gasteiger partial charge in [-0.3, -0.25) is 0 Å². The van der Waals surface area contributed by atoms with Gasteiger partial charge in [-0.05, 0) is 62.4 Å². The van der Waals surface area contributed by atoms with E-state index in [0.29, 0.717) is 0 Å². The molecule has 0 saturated heterocycles. The number of benzene rings is 1. The molecule has 0 atom stereocenters. The van der Waals surface area contributed by atoms with Gasteiger partial charge in [0.1, 0.15) is 0 Å². The molecule has 0 bridgehead atoms. The number of thiophene rings is 1. The second-order valence-corrected chi connectivity index (χ2v) is 9.45. The first-order valence-electron chi connectivity index (χ1n) is 5.78. The monoisotopic (exact) mass is 448 g/mol. The van der Waals surface area contributed by atoms with Crippen LogP contribution in [0, 0.1) is 0 Å². The van der Waals surface area contributed by atoms with Gasteiger partial charge < -0.3 is 5.32 Å². The number of hydrogen-bond acceptors (Lipinski definition) is 5. The van der Waals surface area contributed by atoms with Crippen molar-refractivity contribution >= 4 is 82.2 Å². The van der Waals surface area contributed by atoms with Crippen molar-refractivity contribution in [2.75, 3.05) is 11.6 Å². The minimum Gasteiger partial charge on any atom is -0.380 e. The normalized spacial score (nSPS) is 11.2. The maximum Gasteiger partial charge on any atom is 0.150 e. The highest BCUT2D eigenvalue weighted by Crippen LogP contribution is 2.33. The van der Waals surface area contributed by atoms with Crippen LogP contribution >= 0.6 is 66.3 Å². The molecule has 0 spiro atoms. The molecule has 0 unspecified atom stereocenters. The summed E-state index contributed by atoms with van der Waals surface area (Å²) in [6.07, 6.45) is 2.06. The summed E-state index contributed by atoms with van der Waals surface area (Å²) >= 11 is 12.2.